The van der Waals surface area contributed by atoms with Gasteiger partial charge in [0, 0.05) is 0 Å². The van der Waals surface area contributed by atoms with Crippen LogP contribution >= 0.6 is 0 Å². The number of nitriles is 1. The number of hydrogen-bond donors (Lipinski definition) is 3. The average Bonchev–Trinajstić information content (AvgIpc) is 2.28. The highest BCUT2D eigenvalue weighted by atomic mass is 19.4. The normalized spacial score (nSPS) is 9.59. The third-order valence-electron chi connectivity index (χ3n) is 1.29. The van der Waals surface area contributed by atoms with Gasteiger partial charge in [0.15, 0.2) is 0 Å². The van der Waals surface area contributed by atoms with Gasteiger partial charge in [0.1, 0.15) is 11.8 Å². The van der Waals surface area contributed by atoms with Gasteiger partial charge in [-0.1, -0.05) is 0 Å². The fourth-order valence-corrected chi connectivity index (χ4v) is 0.545. The van der Waals surface area contributed by atoms with Crippen LogP contribution in [0.3, 0.4) is 0 Å². The topological polar surface area (TPSA) is 112 Å². The number of aliphatic carboxylic acids is 1. The molecule has 1 aromatic rings. The number of hydrogen-bond acceptors (Lipinski definition) is 5. The molecule has 0 atom stereocenters. The molecule has 1 aromatic heterocycles. The number of carboxylic acid groups (broad SMARTS) is 1. The molecule has 0 radical (unpaired) electrons. The lowest BCUT2D eigenvalue weighted by molar-refractivity contribution is -0.192. The molecule has 0 fully saturated rings. The van der Waals surface area contributed by atoms with Crippen molar-refractivity contribution in [1.29, 1.82) is 5.26 Å². The molecule has 17 heavy (non-hydrogen) atoms. The summed E-state index contributed by atoms with van der Waals surface area (Å²) < 4.78 is 31.7. The summed E-state index contributed by atoms with van der Waals surface area (Å²) in [7, 11) is 0. The van der Waals surface area contributed by atoms with E-state index < -0.39 is 12.1 Å². The molecule has 1 rings (SSSR count). The molecule has 0 saturated heterocycles. The molecule has 9 heteroatoms. The predicted molar refractivity (Wildman–Crippen MR) is 50.5 cm³/mol. The molecule has 0 unspecified atom stereocenters. The number of nitrogens with one attached hydrogen (secondary N) is 1. The van der Waals surface area contributed by atoms with Gasteiger partial charge in [0.2, 0.25) is 0 Å². The summed E-state index contributed by atoms with van der Waals surface area (Å²) >= 11 is 0. The molecule has 0 aliphatic heterocycles. The Morgan fingerprint density at radius 2 is 2.06 bits per heavy atom. The molecule has 0 amide bonds. The van der Waals surface area contributed by atoms with Crippen molar-refractivity contribution in [3.05, 3.63) is 24.0 Å². The van der Waals surface area contributed by atoms with Gasteiger partial charge < -0.3 is 10.5 Å². The molecule has 0 spiro atoms. The Labute approximate surface area is 93.5 Å². The van der Waals surface area contributed by atoms with Gasteiger partial charge in [0.25, 0.3) is 0 Å². The van der Waals surface area contributed by atoms with Gasteiger partial charge in [-0.25, -0.2) is 9.78 Å². The van der Waals surface area contributed by atoms with Crippen molar-refractivity contribution in [3.8, 4) is 6.07 Å². The first-order valence-corrected chi connectivity index (χ1v) is 3.94. The van der Waals surface area contributed by atoms with Gasteiger partial charge in [0.05, 0.1) is 11.9 Å². The quantitative estimate of drug-likeness (QED) is 0.502. The highest BCUT2D eigenvalue weighted by Gasteiger charge is 2.38. The molecule has 92 valence electrons. The smallest absolute Gasteiger partial charge is 0.475 e. The molecular formula is C8H7F3N4O2. The van der Waals surface area contributed by atoms with Gasteiger partial charge in [-0.05, 0) is 12.1 Å². The van der Waals surface area contributed by atoms with Crippen LogP contribution in [0.15, 0.2) is 18.3 Å². The minimum absolute atomic E-state index is 0.388. The highest BCUT2D eigenvalue weighted by molar-refractivity contribution is 5.73. The van der Waals surface area contributed by atoms with E-state index in [-0.39, 0.29) is 0 Å². The number of hydrazine groups is 1. The van der Waals surface area contributed by atoms with Crippen LogP contribution in [-0.2, 0) is 4.79 Å². The zero-order valence-electron chi connectivity index (χ0n) is 8.19. The zero-order valence-corrected chi connectivity index (χ0v) is 8.19. The third-order valence-corrected chi connectivity index (χ3v) is 1.29. The van der Waals surface area contributed by atoms with Gasteiger partial charge in [-0.15, -0.1) is 0 Å². The lowest BCUT2D eigenvalue weighted by Crippen LogP contribution is -2.21. The second-order valence-electron chi connectivity index (χ2n) is 2.49. The second kappa shape index (κ2) is 6.29. The van der Waals surface area contributed by atoms with Crippen LogP contribution in [-0.4, -0.2) is 22.2 Å². The number of rotatable bonds is 1. The minimum Gasteiger partial charge on any atom is -0.475 e. The van der Waals surface area contributed by atoms with E-state index in [0.717, 1.165) is 0 Å². The van der Waals surface area contributed by atoms with E-state index in [1.54, 1.807) is 12.1 Å². The average molecular weight is 248 g/mol. The Balaban J connectivity index is 0.000000325. The van der Waals surface area contributed by atoms with Crippen LogP contribution in [0.25, 0.3) is 0 Å². The number of pyridine rings is 1. The second-order valence-corrected chi connectivity index (χ2v) is 2.49. The van der Waals surface area contributed by atoms with Crippen molar-refractivity contribution in [3.63, 3.8) is 0 Å². The molecule has 0 aromatic carbocycles. The van der Waals surface area contributed by atoms with Crippen LogP contribution in [0.2, 0.25) is 0 Å². The van der Waals surface area contributed by atoms with Crippen molar-refractivity contribution in [2.45, 2.75) is 6.18 Å². The highest BCUT2D eigenvalue weighted by Crippen LogP contribution is 2.13. The molecule has 0 saturated carbocycles. The summed E-state index contributed by atoms with van der Waals surface area (Å²) in [5.74, 6) is 2.31. The van der Waals surface area contributed by atoms with E-state index >= 15 is 0 Å². The molecular weight excluding hydrogens is 241 g/mol. The molecule has 6 nitrogen and oxygen atoms in total. The molecule has 4 N–H and O–H groups in total. The molecule has 1 heterocycles. The van der Waals surface area contributed by atoms with E-state index in [1.165, 1.54) is 6.20 Å². The first-order chi connectivity index (χ1) is 7.81. The van der Waals surface area contributed by atoms with E-state index in [4.69, 9.17) is 21.0 Å². The lowest BCUT2D eigenvalue weighted by Gasteiger charge is -1.95. The Hall–Kier alpha value is -2.34. The maximum Gasteiger partial charge on any atom is 0.490 e. The Morgan fingerprint density at radius 1 is 1.53 bits per heavy atom. The number of carbonyl (C=O) groups is 1. The van der Waals surface area contributed by atoms with Crippen LogP contribution in [0.1, 0.15) is 5.69 Å². The molecule has 0 bridgehead atoms. The summed E-state index contributed by atoms with van der Waals surface area (Å²) in [4.78, 5) is 12.7. The number of halogens is 3. The number of carboxylic acids is 1. The minimum atomic E-state index is -5.08. The van der Waals surface area contributed by atoms with Gasteiger partial charge in [-0.2, -0.15) is 18.4 Å². The van der Waals surface area contributed by atoms with Crippen molar-refractivity contribution >= 4 is 11.7 Å². The van der Waals surface area contributed by atoms with Crippen molar-refractivity contribution < 1.29 is 23.1 Å². The van der Waals surface area contributed by atoms with E-state index in [0.29, 0.717) is 11.4 Å². The van der Waals surface area contributed by atoms with E-state index in [2.05, 4.69) is 10.4 Å². The first-order valence-electron chi connectivity index (χ1n) is 3.94. The molecule has 0 aliphatic rings. The van der Waals surface area contributed by atoms with Gasteiger partial charge >= 0.3 is 12.1 Å². The summed E-state index contributed by atoms with van der Waals surface area (Å²) in [5, 5.41) is 15.5. The predicted octanol–water partition coefficient (Wildman–Crippen LogP) is 0.872. The van der Waals surface area contributed by atoms with Crippen LogP contribution < -0.4 is 11.3 Å². The standard InChI is InChI=1S/C6H6N4.C2HF3O2/c7-3-5-1-2-6(10-8)4-9-5;3-2(4,5)1(6)7/h1-2,4,10H,8H2;(H,6,7). The Kier molecular flexibility index (Phi) is 5.42. The SMILES string of the molecule is N#Cc1ccc(NN)cn1.O=C(O)C(F)(F)F. The molecule has 0 aliphatic carbocycles. The number of nitrogens with two attached hydrogens (primary N) is 1. The summed E-state index contributed by atoms with van der Waals surface area (Å²) in [6, 6.07) is 5.18. The lowest BCUT2D eigenvalue weighted by atomic mass is 10.3. The fraction of sp³-hybridized carbons (Fsp3) is 0.125. The van der Waals surface area contributed by atoms with Gasteiger partial charge in [-0.3, -0.25) is 5.84 Å². The number of nitrogens with zero attached hydrogens (tertiary/aromatic N) is 2. The third kappa shape index (κ3) is 5.95. The van der Waals surface area contributed by atoms with Crippen molar-refractivity contribution in [2.75, 3.05) is 5.43 Å². The number of aromatic nitrogens is 1. The van der Waals surface area contributed by atoms with E-state index in [9.17, 15) is 13.2 Å². The largest absolute Gasteiger partial charge is 0.490 e. The van der Waals surface area contributed by atoms with Crippen molar-refractivity contribution in [1.82, 2.24) is 4.98 Å². The number of alkyl halides is 3. The summed E-state index contributed by atoms with van der Waals surface area (Å²) in [5.41, 5.74) is 3.49. The zero-order chi connectivity index (χ0) is 13.5. The summed E-state index contributed by atoms with van der Waals surface area (Å²) in [6.07, 6.45) is -3.58. The van der Waals surface area contributed by atoms with Crippen molar-refractivity contribution in [2.24, 2.45) is 5.84 Å². The maximum absolute atomic E-state index is 10.6. The van der Waals surface area contributed by atoms with Crippen LogP contribution in [0, 0.1) is 11.3 Å². The Morgan fingerprint density at radius 3 is 2.29 bits per heavy atom. The first kappa shape index (κ1) is 14.7. The maximum atomic E-state index is 10.6. The number of nitrogen functional groups attached to an aromatic ring is 1. The number of anilines is 1. The Bertz CT molecular complexity index is 410. The fourth-order valence-electron chi connectivity index (χ4n) is 0.545. The van der Waals surface area contributed by atoms with E-state index in [1.807, 2.05) is 6.07 Å². The summed E-state index contributed by atoms with van der Waals surface area (Å²) in [6.45, 7) is 0. The van der Waals surface area contributed by atoms with Crippen LogP contribution in [0.4, 0.5) is 18.9 Å². The van der Waals surface area contributed by atoms with Crippen LogP contribution in [0.5, 0.6) is 0 Å². The monoisotopic (exact) mass is 248 g/mol.